The van der Waals surface area contributed by atoms with Crippen LogP contribution in [-0.2, 0) is 0 Å². The van der Waals surface area contributed by atoms with Crippen LogP contribution in [0.3, 0.4) is 0 Å². The topological polar surface area (TPSA) is 96.0 Å². The zero-order valence-corrected chi connectivity index (χ0v) is 13.5. The molecule has 7 nitrogen and oxygen atoms in total. The molecule has 0 spiro atoms. The minimum atomic E-state index is -0.228. The van der Waals surface area contributed by atoms with E-state index in [9.17, 15) is 4.79 Å². The maximum absolute atomic E-state index is 12.4. The summed E-state index contributed by atoms with van der Waals surface area (Å²) in [6, 6.07) is 17.6. The molecule has 0 radical (unpaired) electrons. The van der Waals surface area contributed by atoms with Crippen LogP contribution in [0.1, 0.15) is 15.9 Å². The Kier molecular flexibility index (Phi) is 3.84. The maximum atomic E-state index is 12.4. The van der Waals surface area contributed by atoms with Crippen molar-refractivity contribution < 1.29 is 4.79 Å². The smallest absolute Gasteiger partial charge is 0.255 e. The Morgan fingerprint density at radius 3 is 2.54 bits per heavy atom. The Labute approximate surface area is 148 Å². The number of aromatic nitrogens is 4. The lowest BCUT2D eigenvalue weighted by Gasteiger charge is -2.06. The van der Waals surface area contributed by atoms with Gasteiger partial charge in [0.2, 0.25) is 0 Å². The highest BCUT2D eigenvalue weighted by molar-refractivity contribution is 6.04. The Hall–Kier alpha value is -4.05. The quantitative estimate of drug-likeness (QED) is 0.618. The van der Waals surface area contributed by atoms with Crippen molar-refractivity contribution in [1.82, 2.24) is 19.6 Å². The number of hydrogen-bond acceptors (Lipinski definition) is 5. The Morgan fingerprint density at radius 1 is 1.04 bits per heavy atom. The number of nitriles is 1. The van der Waals surface area contributed by atoms with E-state index in [1.54, 1.807) is 53.1 Å². The second kappa shape index (κ2) is 6.45. The molecule has 1 amide bonds. The van der Waals surface area contributed by atoms with Crippen LogP contribution in [0.4, 0.5) is 5.69 Å². The molecule has 0 bridgehead atoms. The number of rotatable bonds is 3. The van der Waals surface area contributed by atoms with Crippen molar-refractivity contribution in [3.63, 3.8) is 0 Å². The number of hydrogen-bond donors (Lipinski definition) is 1. The first-order chi connectivity index (χ1) is 12.7. The molecule has 0 saturated heterocycles. The molecular weight excluding hydrogens is 328 g/mol. The van der Waals surface area contributed by atoms with E-state index in [2.05, 4.69) is 20.5 Å². The number of benzene rings is 2. The maximum Gasteiger partial charge on any atom is 0.255 e. The molecule has 1 N–H and O–H groups in total. The summed E-state index contributed by atoms with van der Waals surface area (Å²) < 4.78 is 1.78. The molecule has 0 aliphatic rings. The fourth-order valence-electron chi connectivity index (χ4n) is 2.54. The van der Waals surface area contributed by atoms with Crippen molar-refractivity contribution in [3.05, 3.63) is 78.1 Å². The number of amides is 1. The molecule has 0 aliphatic heterocycles. The molecular formula is C19H12N6O. The lowest BCUT2D eigenvalue weighted by Crippen LogP contribution is -2.11. The summed E-state index contributed by atoms with van der Waals surface area (Å²) >= 11 is 0. The van der Waals surface area contributed by atoms with Gasteiger partial charge in [-0.2, -0.15) is 5.26 Å². The van der Waals surface area contributed by atoms with Gasteiger partial charge in [-0.15, -0.1) is 10.2 Å². The fourth-order valence-corrected chi connectivity index (χ4v) is 2.54. The average molecular weight is 340 g/mol. The Balaban J connectivity index is 1.55. The molecule has 0 atom stereocenters. The summed E-state index contributed by atoms with van der Waals surface area (Å²) in [6.07, 6.45) is 3.49. The molecule has 0 saturated carbocycles. The van der Waals surface area contributed by atoms with E-state index < -0.39 is 0 Å². The second-order valence-electron chi connectivity index (χ2n) is 5.53. The largest absolute Gasteiger partial charge is 0.322 e. The van der Waals surface area contributed by atoms with E-state index in [1.807, 2.05) is 24.4 Å². The standard InChI is InChI=1S/C19H12N6O/c20-12-13-2-8-16(9-3-13)22-18(26)15-6-4-14(5-7-15)17-23-24-19-21-10-1-11-25(17)19/h1-11H,(H,22,26). The summed E-state index contributed by atoms with van der Waals surface area (Å²) in [5.41, 5.74) is 2.53. The summed E-state index contributed by atoms with van der Waals surface area (Å²) in [4.78, 5) is 16.5. The first-order valence-corrected chi connectivity index (χ1v) is 7.82. The van der Waals surface area contributed by atoms with Crippen molar-refractivity contribution in [2.45, 2.75) is 0 Å². The molecule has 4 aromatic rings. The summed E-state index contributed by atoms with van der Waals surface area (Å²) in [6.45, 7) is 0. The van der Waals surface area contributed by atoms with Gasteiger partial charge >= 0.3 is 0 Å². The number of carbonyl (C=O) groups excluding carboxylic acids is 1. The van der Waals surface area contributed by atoms with E-state index >= 15 is 0 Å². The third-order valence-corrected chi connectivity index (χ3v) is 3.87. The van der Waals surface area contributed by atoms with Crippen LogP contribution in [0.15, 0.2) is 67.0 Å². The van der Waals surface area contributed by atoms with Gasteiger partial charge in [0.15, 0.2) is 5.82 Å². The fraction of sp³-hybridized carbons (Fsp3) is 0. The third-order valence-electron chi connectivity index (χ3n) is 3.87. The molecule has 0 aliphatic carbocycles. The minimum Gasteiger partial charge on any atom is -0.322 e. The van der Waals surface area contributed by atoms with Crippen LogP contribution in [-0.4, -0.2) is 25.5 Å². The normalized spacial score (nSPS) is 10.4. The zero-order valence-electron chi connectivity index (χ0n) is 13.5. The van der Waals surface area contributed by atoms with Gasteiger partial charge in [0.1, 0.15) is 0 Å². The minimum absolute atomic E-state index is 0.228. The van der Waals surface area contributed by atoms with Crippen LogP contribution in [0.25, 0.3) is 17.2 Å². The first kappa shape index (κ1) is 15.5. The molecule has 2 aromatic heterocycles. The van der Waals surface area contributed by atoms with Crippen molar-refractivity contribution >= 4 is 17.4 Å². The van der Waals surface area contributed by atoms with E-state index in [0.29, 0.717) is 28.4 Å². The molecule has 4 rings (SSSR count). The molecule has 7 heteroatoms. The van der Waals surface area contributed by atoms with E-state index in [0.717, 1.165) is 5.56 Å². The van der Waals surface area contributed by atoms with Crippen LogP contribution in [0, 0.1) is 11.3 Å². The number of nitrogens with zero attached hydrogens (tertiary/aromatic N) is 5. The second-order valence-corrected chi connectivity index (χ2v) is 5.53. The Morgan fingerprint density at radius 2 is 1.81 bits per heavy atom. The molecule has 124 valence electrons. The number of nitrogens with one attached hydrogen (secondary N) is 1. The predicted molar refractivity (Wildman–Crippen MR) is 95.3 cm³/mol. The lowest BCUT2D eigenvalue weighted by atomic mass is 10.1. The van der Waals surface area contributed by atoms with Gasteiger partial charge in [-0.1, -0.05) is 12.1 Å². The summed E-state index contributed by atoms with van der Waals surface area (Å²) in [5, 5.41) is 19.8. The van der Waals surface area contributed by atoms with Gasteiger partial charge in [0.05, 0.1) is 11.6 Å². The van der Waals surface area contributed by atoms with Crippen LogP contribution in [0.2, 0.25) is 0 Å². The molecule has 0 fully saturated rings. The summed E-state index contributed by atoms with van der Waals surface area (Å²) in [7, 11) is 0. The predicted octanol–water partition coefficient (Wildman–Crippen LogP) is 2.92. The van der Waals surface area contributed by atoms with Crippen molar-refractivity contribution in [2.75, 3.05) is 5.32 Å². The molecule has 0 unspecified atom stereocenters. The van der Waals surface area contributed by atoms with Crippen LogP contribution < -0.4 is 5.32 Å². The third kappa shape index (κ3) is 2.87. The molecule has 26 heavy (non-hydrogen) atoms. The number of fused-ring (bicyclic) bond motifs is 1. The van der Waals surface area contributed by atoms with E-state index in [-0.39, 0.29) is 5.91 Å². The van der Waals surface area contributed by atoms with Crippen molar-refractivity contribution in [3.8, 4) is 17.5 Å². The van der Waals surface area contributed by atoms with Gasteiger partial charge in [-0.25, -0.2) is 4.98 Å². The average Bonchev–Trinajstić information content (AvgIpc) is 3.13. The van der Waals surface area contributed by atoms with Crippen molar-refractivity contribution in [1.29, 1.82) is 5.26 Å². The van der Waals surface area contributed by atoms with Crippen LogP contribution in [0.5, 0.6) is 0 Å². The monoisotopic (exact) mass is 340 g/mol. The van der Waals surface area contributed by atoms with Gasteiger partial charge in [-0.3, -0.25) is 9.20 Å². The van der Waals surface area contributed by atoms with Gasteiger partial charge in [-0.05, 0) is 42.5 Å². The highest BCUT2D eigenvalue weighted by Crippen LogP contribution is 2.19. The number of anilines is 1. The Bertz CT molecular complexity index is 1120. The van der Waals surface area contributed by atoms with E-state index in [4.69, 9.17) is 5.26 Å². The highest BCUT2D eigenvalue weighted by atomic mass is 16.1. The highest BCUT2D eigenvalue weighted by Gasteiger charge is 2.10. The van der Waals surface area contributed by atoms with Gasteiger partial charge in [0, 0.05) is 29.2 Å². The zero-order chi connectivity index (χ0) is 17.9. The molecule has 2 heterocycles. The SMILES string of the molecule is N#Cc1ccc(NC(=O)c2ccc(-c3nnc4ncccn34)cc2)cc1. The van der Waals surface area contributed by atoms with Crippen molar-refractivity contribution in [2.24, 2.45) is 0 Å². The van der Waals surface area contributed by atoms with Crippen LogP contribution >= 0.6 is 0 Å². The van der Waals surface area contributed by atoms with Gasteiger partial charge < -0.3 is 5.32 Å². The summed E-state index contributed by atoms with van der Waals surface area (Å²) in [5.74, 6) is 0.950. The molecule has 2 aromatic carbocycles. The first-order valence-electron chi connectivity index (χ1n) is 7.82. The van der Waals surface area contributed by atoms with Gasteiger partial charge in [0.25, 0.3) is 11.7 Å². The lowest BCUT2D eigenvalue weighted by molar-refractivity contribution is 0.102. The number of carbonyl (C=O) groups is 1. The van der Waals surface area contributed by atoms with E-state index in [1.165, 1.54) is 0 Å².